The average molecular weight is 596 g/mol. The van der Waals surface area contributed by atoms with Crippen LogP contribution in [0.15, 0.2) is 0 Å². The topological polar surface area (TPSA) is 302 Å². The van der Waals surface area contributed by atoms with E-state index in [0.717, 1.165) is 6.92 Å². The zero-order valence-electron chi connectivity index (χ0n) is 20.9. The number of hydrogen-bond acceptors (Lipinski definition) is 16. The molecule has 0 aromatic carbocycles. The summed E-state index contributed by atoms with van der Waals surface area (Å²) >= 11 is 0. The summed E-state index contributed by atoms with van der Waals surface area (Å²) in [5.41, 5.74) is 0. The Kier molecular flexibility index (Phi) is 12.4. The van der Waals surface area contributed by atoms with E-state index in [1.165, 1.54) is 6.92 Å². The quantitative estimate of drug-likeness (QED) is 0.0934. The summed E-state index contributed by atoms with van der Waals surface area (Å²) in [6, 6.07) is -1.57. The normalized spacial score (nSPS) is 39.0. The van der Waals surface area contributed by atoms with Crippen LogP contribution in [0, 0.1) is 0 Å². The molecule has 11 N–H and O–H groups in total. The van der Waals surface area contributed by atoms with Gasteiger partial charge in [-0.05, 0) is 6.92 Å². The number of carbonyl (C=O) groups is 1. The Morgan fingerprint density at radius 2 is 1.56 bits per heavy atom. The Bertz CT molecular complexity index is 893. The highest BCUT2D eigenvalue weighted by atomic mass is 32.2. The standard InChI is InChI=1S/C20H37NO17S/c1-6-11(26)14(29)16(31)19(35-6)38-18-15(30)13(28)10(4-23)36-20(18)37-17(8(3-22)21-7(2)24)12(27)9(25)5-39(32,33)34/h6,8-20,22-23,25-31H,3-5H2,1-2H3,(H,21,24)(H,32,33,34)/t6-,8-,9+,10+,11+,12+,13-,14+,15-,16-,17+,18+,19-,20-/m0/s1. The van der Waals surface area contributed by atoms with Crippen molar-refractivity contribution in [2.75, 3.05) is 19.0 Å². The summed E-state index contributed by atoms with van der Waals surface area (Å²) in [5, 5.41) is 93.8. The Morgan fingerprint density at radius 1 is 0.949 bits per heavy atom. The molecule has 0 saturated carbocycles. The molecular weight excluding hydrogens is 558 g/mol. The van der Waals surface area contributed by atoms with Crippen molar-refractivity contribution in [2.24, 2.45) is 0 Å². The van der Waals surface area contributed by atoms with Gasteiger partial charge in [-0.15, -0.1) is 0 Å². The van der Waals surface area contributed by atoms with Gasteiger partial charge in [0.2, 0.25) is 5.91 Å². The van der Waals surface area contributed by atoms with Crippen LogP contribution in [0.25, 0.3) is 0 Å². The van der Waals surface area contributed by atoms with Gasteiger partial charge < -0.3 is 70.2 Å². The molecule has 2 aliphatic heterocycles. The molecule has 230 valence electrons. The second-order valence-corrected chi connectivity index (χ2v) is 10.9. The van der Waals surface area contributed by atoms with E-state index >= 15 is 0 Å². The number of aliphatic hydroxyl groups excluding tert-OH is 9. The molecule has 2 rings (SSSR count). The lowest BCUT2D eigenvalue weighted by atomic mass is 9.97. The first-order chi connectivity index (χ1) is 18.0. The molecule has 2 fully saturated rings. The summed E-state index contributed by atoms with van der Waals surface area (Å²) < 4.78 is 53.4. The summed E-state index contributed by atoms with van der Waals surface area (Å²) in [4.78, 5) is 11.7. The van der Waals surface area contributed by atoms with Crippen LogP contribution in [-0.4, -0.2) is 170 Å². The van der Waals surface area contributed by atoms with E-state index in [-0.39, 0.29) is 0 Å². The highest BCUT2D eigenvalue weighted by Gasteiger charge is 2.52. The van der Waals surface area contributed by atoms with Crippen LogP contribution in [0.2, 0.25) is 0 Å². The lowest BCUT2D eigenvalue weighted by molar-refractivity contribution is -0.373. The number of amides is 1. The van der Waals surface area contributed by atoms with Crippen LogP contribution in [-0.2, 0) is 33.9 Å². The van der Waals surface area contributed by atoms with Crippen LogP contribution in [0.3, 0.4) is 0 Å². The molecule has 39 heavy (non-hydrogen) atoms. The fourth-order valence-electron chi connectivity index (χ4n) is 4.19. The molecule has 14 atom stereocenters. The largest absolute Gasteiger partial charge is 0.394 e. The van der Waals surface area contributed by atoms with Gasteiger partial charge in [-0.25, -0.2) is 0 Å². The maximum Gasteiger partial charge on any atom is 0.267 e. The number of aliphatic hydroxyl groups is 9. The van der Waals surface area contributed by atoms with Gasteiger partial charge in [0.15, 0.2) is 12.6 Å². The Balaban J connectivity index is 2.43. The maximum atomic E-state index is 11.7. The molecule has 0 aromatic rings. The van der Waals surface area contributed by atoms with Gasteiger partial charge in [0.1, 0.15) is 60.7 Å². The highest BCUT2D eigenvalue weighted by molar-refractivity contribution is 7.85. The van der Waals surface area contributed by atoms with Gasteiger partial charge in [-0.2, -0.15) is 8.42 Å². The third-order valence-corrected chi connectivity index (χ3v) is 7.07. The van der Waals surface area contributed by atoms with Crippen molar-refractivity contribution in [2.45, 2.75) is 99.6 Å². The summed E-state index contributed by atoms with van der Waals surface area (Å²) in [6.45, 7) is 0.507. The fraction of sp³-hybridized carbons (Fsp3) is 0.950. The van der Waals surface area contributed by atoms with Crippen molar-refractivity contribution in [3.63, 3.8) is 0 Å². The van der Waals surface area contributed by atoms with Crippen molar-refractivity contribution in [3.8, 4) is 0 Å². The first-order valence-corrected chi connectivity index (χ1v) is 13.5. The van der Waals surface area contributed by atoms with Gasteiger partial charge in [-0.3, -0.25) is 9.35 Å². The molecule has 19 heteroatoms. The minimum Gasteiger partial charge on any atom is -0.394 e. The van der Waals surface area contributed by atoms with Gasteiger partial charge in [0.05, 0.1) is 31.5 Å². The third kappa shape index (κ3) is 8.67. The number of ether oxygens (including phenoxy) is 4. The predicted octanol–water partition coefficient (Wildman–Crippen LogP) is -6.87. The predicted molar refractivity (Wildman–Crippen MR) is 123 cm³/mol. The van der Waals surface area contributed by atoms with E-state index in [0.29, 0.717) is 0 Å². The van der Waals surface area contributed by atoms with Crippen molar-refractivity contribution >= 4 is 16.0 Å². The lowest BCUT2D eigenvalue weighted by Crippen LogP contribution is -2.66. The van der Waals surface area contributed by atoms with Crippen molar-refractivity contribution in [1.82, 2.24) is 5.32 Å². The SMILES string of the molecule is CC(=O)N[C@@H](CO)[C@@H](O[C@@H]1O[C@H](CO)[C@H](O)[C@H](O)[C@H]1O[C@@H]1O[C@@H](C)[C@@H](O)[C@@H](O)[C@@H]1O)[C@H](O)[C@H](O)CS(=O)(=O)O. The van der Waals surface area contributed by atoms with Crippen LogP contribution in [0.5, 0.6) is 0 Å². The first kappa shape index (κ1) is 34.1. The summed E-state index contributed by atoms with van der Waals surface area (Å²) in [5.74, 6) is -2.15. The molecule has 0 bridgehead atoms. The first-order valence-electron chi connectivity index (χ1n) is 11.8. The van der Waals surface area contributed by atoms with Crippen LogP contribution in [0.1, 0.15) is 13.8 Å². The molecule has 0 radical (unpaired) electrons. The zero-order chi connectivity index (χ0) is 29.8. The monoisotopic (exact) mass is 595 g/mol. The van der Waals surface area contributed by atoms with Crippen molar-refractivity contribution < 1.29 is 82.7 Å². The van der Waals surface area contributed by atoms with Crippen LogP contribution in [0.4, 0.5) is 0 Å². The molecular formula is C20H37NO17S. The van der Waals surface area contributed by atoms with Gasteiger partial charge in [-0.1, -0.05) is 0 Å². The smallest absolute Gasteiger partial charge is 0.267 e. The second-order valence-electron chi connectivity index (χ2n) is 9.39. The van der Waals surface area contributed by atoms with Gasteiger partial charge >= 0.3 is 0 Å². The molecule has 0 spiro atoms. The van der Waals surface area contributed by atoms with Gasteiger partial charge in [0, 0.05) is 6.92 Å². The Labute approximate surface area is 223 Å². The van der Waals surface area contributed by atoms with E-state index in [2.05, 4.69) is 5.32 Å². The molecule has 18 nitrogen and oxygen atoms in total. The van der Waals surface area contributed by atoms with Crippen molar-refractivity contribution in [1.29, 1.82) is 0 Å². The van der Waals surface area contributed by atoms with Crippen LogP contribution >= 0.6 is 0 Å². The number of nitrogens with one attached hydrogen (secondary N) is 1. The lowest BCUT2D eigenvalue weighted by Gasteiger charge is -2.47. The Hall–Kier alpha value is -1.14. The van der Waals surface area contributed by atoms with Gasteiger partial charge in [0.25, 0.3) is 10.1 Å². The second kappa shape index (κ2) is 14.2. The number of rotatable bonds is 12. The van der Waals surface area contributed by atoms with E-state index < -0.39 is 121 Å². The van der Waals surface area contributed by atoms with E-state index in [1.807, 2.05) is 0 Å². The number of hydrogen-bond donors (Lipinski definition) is 11. The molecule has 1 amide bonds. The van der Waals surface area contributed by atoms with E-state index in [1.54, 1.807) is 0 Å². The van der Waals surface area contributed by atoms with E-state index in [4.69, 9.17) is 23.5 Å². The molecule has 2 heterocycles. The fourth-order valence-corrected chi connectivity index (χ4v) is 4.81. The third-order valence-electron chi connectivity index (χ3n) is 6.31. The molecule has 0 unspecified atom stereocenters. The molecule has 0 aromatic heterocycles. The zero-order valence-corrected chi connectivity index (χ0v) is 21.8. The molecule has 2 aliphatic rings. The minimum atomic E-state index is -4.84. The summed E-state index contributed by atoms with van der Waals surface area (Å²) in [6.07, 6.45) is -23.6. The highest BCUT2D eigenvalue weighted by Crippen LogP contribution is 2.31. The number of carbonyl (C=O) groups excluding carboxylic acids is 1. The maximum absolute atomic E-state index is 11.7. The average Bonchev–Trinajstić information content (AvgIpc) is 2.85. The molecule has 0 aliphatic carbocycles. The van der Waals surface area contributed by atoms with E-state index in [9.17, 15) is 59.2 Å². The summed E-state index contributed by atoms with van der Waals surface area (Å²) in [7, 11) is -4.84. The Morgan fingerprint density at radius 3 is 2.08 bits per heavy atom. The molecule has 2 saturated heterocycles. The van der Waals surface area contributed by atoms with Crippen LogP contribution < -0.4 is 5.32 Å². The van der Waals surface area contributed by atoms with Crippen molar-refractivity contribution in [3.05, 3.63) is 0 Å². The minimum absolute atomic E-state index is 0.763.